The van der Waals surface area contributed by atoms with E-state index >= 15 is 0 Å². The summed E-state index contributed by atoms with van der Waals surface area (Å²) in [6.07, 6.45) is 4.87. The number of carbonyl (C=O) groups is 1. The number of aliphatic hydroxyl groups excluding tert-OH is 1. The van der Waals surface area contributed by atoms with Crippen LogP contribution < -0.4 is 0 Å². The van der Waals surface area contributed by atoms with Crippen molar-refractivity contribution in [1.82, 2.24) is 19.7 Å². The molecule has 4 atom stereocenters. The highest BCUT2D eigenvalue weighted by molar-refractivity contribution is 7.13. The van der Waals surface area contributed by atoms with Gasteiger partial charge < -0.3 is 10.0 Å². The lowest BCUT2D eigenvalue weighted by Gasteiger charge is -2.35. The first-order valence-electron chi connectivity index (χ1n) is 8.43. The minimum absolute atomic E-state index is 0.0173. The van der Waals surface area contributed by atoms with Crippen molar-refractivity contribution in [3.63, 3.8) is 0 Å². The van der Waals surface area contributed by atoms with E-state index in [1.807, 2.05) is 35.7 Å². The molecule has 4 rings (SSSR count). The molecule has 0 unspecified atom stereocenters. The number of thiazole rings is 1. The Balaban J connectivity index is 1.50. The van der Waals surface area contributed by atoms with E-state index in [4.69, 9.17) is 0 Å². The quantitative estimate of drug-likeness (QED) is 0.903. The second-order valence-corrected chi connectivity index (χ2v) is 8.17. The maximum atomic E-state index is 12.8. The van der Waals surface area contributed by atoms with Crippen LogP contribution in [0.4, 0.5) is 0 Å². The molecular weight excluding hydrogens is 324 g/mol. The Morgan fingerprint density at radius 2 is 2.04 bits per heavy atom. The van der Waals surface area contributed by atoms with Crippen LogP contribution in [0.25, 0.3) is 0 Å². The fourth-order valence-electron chi connectivity index (χ4n) is 4.21. The van der Waals surface area contributed by atoms with Gasteiger partial charge >= 0.3 is 0 Å². The first kappa shape index (κ1) is 15.8. The molecule has 3 heterocycles. The monoisotopic (exact) mass is 346 g/mol. The number of rotatable bonds is 2. The number of fused-ring (bicyclic) bond motifs is 1. The van der Waals surface area contributed by atoms with E-state index in [9.17, 15) is 9.90 Å². The topological polar surface area (TPSA) is 71.2 Å². The van der Waals surface area contributed by atoms with E-state index in [2.05, 4.69) is 10.1 Å². The van der Waals surface area contributed by atoms with Gasteiger partial charge in [0, 0.05) is 25.5 Å². The number of aryl methyl sites for hydroxylation is 2. The lowest BCUT2D eigenvalue weighted by molar-refractivity contribution is 0.0306. The molecule has 1 saturated carbocycles. The van der Waals surface area contributed by atoms with Crippen molar-refractivity contribution in [2.75, 3.05) is 13.1 Å². The largest absolute Gasteiger partial charge is 0.391 e. The SMILES string of the molecule is Cc1nc(C)c(C(=O)N2C[C@H]3C[C@@H](n4cccn4)[C@H](O)C[C@H]3C2)s1. The third-order valence-electron chi connectivity index (χ3n) is 5.36. The van der Waals surface area contributed by atoms with Crippen molar-refractivity contribution in [2.24, 2.45) is 11.8 Å². The van der Waals surface area contributed by atoms with Crippen LogP contribution in [0, 0.1) is 25.7 Å². The molecule has 1 aliphatic carbocycles. The van der Waals surface area contributed by atoms with E-state index in [1.165, 1.54) is 11.3 Å². The Bertz CT molecular complexity index is 742. The van der Waals surface area contributed by atoms with Crippen LogP contribution in [0.15, 0.2) is 18.5 Å². The molecule has 7 heteroatoms. The normalized spacial score (nSPS) is 29.7. The van der Waals surface area contributed by atoms with Crippen molar-refractivity contribution in [3.8, 4) is 0 Å². The van der Waals surface area contributed by atoms with Gasteiger partial charge in [0.1, 0.15) is 4.88 Å². The molecule has 128 valence electrons. The summed E-state index contributed by atoms with van der Waals surface area (Å²) in [5, 5.41) is 15.7. The van der Waals surface area contributed by atoms with Crippen molar-refractivity contribution >= 4 is 17.2 Å². The summed E-state index contributed by atoms with van der Waals surface area (Å²) in [6.45, 7) is 5.34. The zero-order valence-electron chi connectivity index (χ0n) is 13.9. The van der Waals surface area contributed by atoms with Crippen LogP contribution in [-0.4, -0.2) is 49.9 Å². The summed E-state index contributed by atoms with van der Waals surface area (Å²) >= 11 is 1.48. The van der Waals surface area contributed by atoms with Gasteiger partial charge in [0.25, 0.3) is 5.91 Å². The van der Waals surface area contributed by atoms with E-state index in [-0.39, 0.29) is 11.9 Å². The van der Waals surface area contributed by atoms with E-state index in [0.717, 1.165) is 41.5 Å². The standard InChI is InChI=1S/C17H22N4O2S/c1-10-16(24-11(2)19-10)17(23)20-8-12-6-14(21-5-3-4-18-21)15(22)7-13(12)9-20/h3-5,12-15,22H,6-9H2,1-2H3/t12-,13+,14-,15-/m1/s1. The highest BCUT2D eigenvalue weighted by Crippen LogP contribution is 2.41. The summed E-state index contributed by atoms with van der Waals surface area (Å²) in [6, 6.07) is 1.90. The van der Waals surface area contributed by atoms with Crippen molar-refractivity contribution < 1.29 is 9.90 Å². The highest BCUT2D eigenvalue weighted by atomic mass is 32.1. The summed E-state index contributed by atoms with van der Waals surface area (Å²) in [7, 11) is 0. The summed E-state index contributed by atoms with van der Waals surface area (Å²) in [5.41, 5.74) is 0.826. The number of carbonyl (C=O) groups excluding carboxylic acids is 1. The van der Waals surface area contributed by atoms with Crippen molar-refractivity contribution in [2.45, 2.75) is 38.8 Å². The molecule has 1 N–H and O–H groups in total. The van der Waals surface area contributed by atoms with Crippen LogP contribution in [-0.2, 0) is 0 Å². The number of aromatic nitrogens is 3. The molecular formula is C17H22N4O2S. The molecule has 2 fully saturated rings. The fourth-order valence-corrected chi connectivity index (χ4v) is 5.10. The molecule has 2 aromatic rings. The van der Waals surface area contributed by atoms with E-state index in [1.54, 1.807) is 6.20 Å². The van der Waals surface area contributed by atoms with Crippen molar-refractivity contribution in [3.05, 3.63) is 34.0 Å². The number of aliphatic hydroxyl groups is 1. The third-order valence-corrected chi connectivity index (χ3v) is 6.42. The molecule has 1 aliphatic heterocycles. The van der Waals surface area contributed by atoms with Gasteiger partial charge in [-0.1, -0.05) is 0 Å². The van der Waals surface area contributed by atoms with Gasteiger partial charge in [0.05, 0.1) is 22.8 Å². The Morgan fingerprint density at radius 1 is 1.29 bits per heavy atom. The molecule has 1 saturated heterocycles. The molecule has 24 heavy (non-hydrogen) atoms. The maximum Gasteiger partial charge on any atom is 0.265 e. The van der Waals surface area contributed by atoms with Gasteiger partial charge in [0.2, 0.25) is 0 Å². The molecule has 2 aromatic heterocycles. The zero-order chi connectivity index (χ0) is 16.8. The van der Waals surface area contributed by atoms with Gasteiger partial charge in [0.15, 0.2) is 0 Å². The Labute approximate surface area is 145 Å². The maximum absolute atomic E-state index is 12.8. The lowest BCUT2D eigenvalue weighted by atomic mass is 9.77. The van der Waals surface area contributed by atoms with Gasteiger partial charge in [-0.2, -0.15) is 5.10 Å². The highest BCUT2D eigenvalue weighted by Gasteiger charge is 2.44. The van der Waals surface area contributed by atoms with Crippen LogP contribution in [0.2, 0.25) is 0 Å². The smallest absolute Gasteiger partial charge is 0.265 e. The van der Waals surface area contributed by atoms with Gasteiger partial charge in [-0.25, -0.2) is 4.98 Å². The number of hydrogen-bond acceptors (Lipinski definition) is 5. The minimum atomic E-state index is -0.395. The molecule has 1 amide bonds. The fraction of sp³-hybridized carbons (Fsp3) is 0.588. The molecule has 0 radical (unpaired) electrons. The predicted molar refractivity (Wildman–Crippen MR) is 91.0 cm³/mol. The molecule has 2 aliphatic rings. The first-order valence-corrected chi connectivity index (χ1v) is 9.25. The molecule has 0 aromatic carbocycles. The Kier molecular flexibility index (Phi) is 3.92. The summed E-state index contributed by atoms with van der Waals surface area (Å²) < 4.78 is 1.86. The van der Waals surface area contributed by atoms with Crippen LogP contribution in [0.5, 0.6) is 0 Å². The molecule has 0 spiro atoms. The molecule has 0 bridgehead atoms. The zero-order valence-corrected chi connectivity index (χ0v) is 14.7. The summed E-state index contributed by atoms with van der Waals surface area (Å²) in [4.78, 5) is 19.9. The van der Waals surface area contributed by atoms with Crippen molar-refractivity contribution in [1.29, 1.82) is 0 Å². The average Bonchev–Trinajstić information content (AvgIpc) is 3.25. The van der Waals surface area contributed by atoms with E-state index < -0.39 is 6.10 Å². The molecule has 6 nitrogen and oxygen atoms in total. The number of amides is 1. The van der Waals surface area contributed by atoms with Gasteiger partial charge in [-0.05, 0) is 44.6 Å². The van der Waals surface area contributed by atoms with Gasteiger partial charge in [-0.15, -0.1) is 11.3 Å². The first-order chi connectivity index (χ1) is 11.5. The summed E-state index contributed by atoms with van der Waals surface area (Å²) in [5.74, 6) is 0.906. The van der Waals surface area contributed by atoms with E-state index in [0.29, 0.717) is 11.8 Å². The Hall–Kier alpha value is -1.73. The third kappa shape index (κ3) is 2.65. The number of hydrogen-bond donors (Lipinski definition) is 1. The average molecular weight is 346 g/mol. The van der Waals surface area contributed by atoms with Crippen LogP contribution in [0.1, 0.15) is 39.3 Å². The lowest BCUT2D eigenvalue weighted by Crippen LogP contribution is -2.36. The predicted octanol–water partition coefficient (Wildman–Crippen LogP) is 2.04. The number of nitrogens with zero attached hydrogens (tertiary/aromatic N) is 4. The Morgan fingerprint density at radius 3 is 2.67 bits per heavy atom. The minimum Gasteiger partial charge on any atom is -0.391 e. The number of likely N-dealkylation sites (tertiary alicyclic amines) is 1. The second kappa shape index (κ2) is 5.97. The second-order valence-electron chi connectivity index (χ2n) is 6.97. The van der Waals surface area contributed by atoms with Crippen LogP contribution >= 0.6 is 11.3 Å². The van der Waals surface area contributed by atoms with Gasteiger partial charge in [-0.3, -0.25) is 9.48 Å². The van der Waals surface area contributed by atoms with Crippen LogP contribution in [0.3, 0.4) is 0 Å².